The lowest BCUT2D eigenvalue weighted by molar-refractivity contribution is 0.267. The van der Waals surface area contributed by atoms with Gasteiger partial charge in [-0.15, -0.1) is 5.10 Å². The van der Waals surface area contributed by atoms with E-state index < -0.39 is 0 Å². The van der Waals surface area contributed by atoms with Crippen molar-refractivity contribution < 1.29 is 4.74 Å². The van der Waals surface area contributed by atoms with E-state index >= 15 is 0 Å². The van der Waals surface area contributed by atoms with Crippen LogP contribution in [0.25, 0.3) is 0 Å². The molecule has 118 valence electrons. The van der Waals surface area contributed by atoms with Crippen LogP contribution in [-0.4, -0.2) is 27.6 Å². The van der Waals surface area contributed by atoms with Crippen LogP contribution in [0.5, 0.6) is 5.75 Å². The second-order valence-electron chi connectivity index (χ2n) is 6.86. The SMILES string of the molecule is CC(C)(C)n1cc(CNC2CCc3ccccc3OC2)nn1. The molecule has 0 radical (unpaired) electrons. The number of para-hydroxylation sites is 1. The minimum Gasteiger partial charge on any atom is -0.492 e. The summed E-state index contributed by atoms with van der Waals surface area (Å²) in [6, 6.07) is 8.63. The highest BCUT2D eigenvalue weighted by atomic mass is 16.5. The van der Waals surface area contributed by atoms with E-state index in [1.807, 2.05) is 23.0 Å². The van der Waals surface area contributed by atoms with Gasteiger partial charge in [-0.1, -0.05) is 23.4 Å². The summed E-state index contributed by atoms with van der Waals surface area (Å²) >= 11 is 0. The van der Waals surface area contributed by atoms with Gasteiger partial charge in [0.1, 0.15) is 12.4 Å². The molecule has 1 aliphatic heterocycles. The predicted octanol–water partition coefficient (Wildman–Crippen LogP) is 2.52. The number of nitrogens with one attached hydrogen (secondary N) is 1. The summed E-state index contributed by atoms with van der Waals surface area (Å²) in [5.74, 6) is 1.02. The summed E-state index contributed by atoms with van der Waals surface area (Å²) in [5, 5.41) is 12.0. The first-order valence-corrected chi connectivity index (χ1v) is 7.88. The fourth-order valence-corrected chi connectivity index (χ4v) is 2.57. The number of aryl methyl sites for hydroxylation is 1. The van der Waals surface area contributed by atoms with Gasteiger partial charge in [0, 0.05) is 12.6 Å². The Morgan fingerprint density at radius 2 is 2.14 bits per heavy atom. The van der Waals surface area contributed by atoms with Crippen molar-refractivity contribution in [2.75, 3.05) is 6.61 Å². The van der Waals surface area contributed by atoms with E-state index in [9.17, 15) is 0 Å². The van der Waals surface area contributed by atoms with Crippen molar-refractivity contribution in [3.8, 4) is 5.75 Å². The average molecular weight is 300 g/mol. The molecule has 0 aliphatic carbocycles. The Bertz CT molecular complexity index is 603. The maximum Gasteiger partial charge on any atom is 0.122 e. The number of hydrogen-bond acceptors (Lipinski definition) is 4. The maximum absolute atomic E-state index is 5.91. The summed E-state index contributed by atoms with van der Waals surface area (Å²) in [4.78, 5) is 0. The molecule has 0 amide bonds. The Labute approximate surface area is 131 Å². The zero-order valence-electron chi connectivity index (χ0n) is 13.5. The van der Waals surface area contributed by atoms with Crippen molar-refractivity contribution in [2.24, 2.45) is 0 Å². The average Bonchev–Trinajstić information content (AvgIpc) is 2.87. The van der Waals surface area contributed by atoms with E-state index in [0.717, 1.165) is 30.8 Å². The van der Waals surface area contributed by atoms with Gasteiger partial charge < -0.3 is 10.1 Å². The normalized spacial score (nSPS) is 18.4. The molecule has 0 fully saturated rings. The smallest absolute Gasteiger partial charge is 0.122 e. The highest BCUT2D eigenvalue weighted by molar-refractivity contribution is 5.34. The van der Waals surface area contributed by atoms with Crippen molar-refractivity contribution >= 4 is 0 Å². The van der Waals surface area contributed by atoms with E-state index in [0.29, 0.717) is 12.6 Å². The van der Waals surface area contributed by atoms with Gasteiger partial charge in [0.2, 0.25) is 0 Å². The summed E-state index contributed by atoms with van der Waals surface area (Å²) in [5.41, 5.74) is 2.24. The third-order valence-electron chi connectivity index (χ3n) is 3.97. The van der Waals surface area contributed by atoms with Crippen LogP contribution >= 0.6 is 0 Å². The van der Waals surface area contributed by atoms with Gasteiger partial charge in [0.25, 0.3) is 0 Å². The topological polar surface area (TPSA) is 52.0 Å². The van der Waals surface area contributed by atoms with Crippen molar-refractivity contribution in [3.63, 3.8) is 0 Å². The second kappa shape index (κ2) is 6.08. The van der Waals surface area contributed by atoms with Crippen LogP contribution < -0.4 is 10.1 Å². The Hall–Kier alpha value is -1.88. The minimum atomic E-state index is -0.0294. The quantitative estimate of drug-likeness (QED) is 0.946. The molecule has 1 aromatic carbocycles. The van der Waals surface area contributed by atoms with Crippen LogP contribution in [-0.2, 0) is 18.5 Å². The molecule has 3 rings (SSSR count). The summed E-state index contributed by atoms with van der Waals surface area (Å²) in [6.45, 7) is 7.78. The lowest BCUT2D eigenvalue weighted by Crippen LogP contribution is -2.33. The highest BCUT2D eigenvalue weighted by Gasteiger charge is 2.18. The largest absolute Gasteiger partial charge is 0.492 e. The van der Waals surface area contributed by atoms with Crippen LogP contribution in [0.2, 0.25) is 0 Å². The molecule has 0 bridgehead atoms. The van der Waals surface area contributed by atoms with E-state index in [1.54, 1.807) is 0 Å². The maximum atomic E-state index is 5.91. The Morgan fingerprint density at radius 1 is 1.32 bits per heavy atom. The fourth-order valence-electron chi connectivity index (χ4n) is 2.57. The van der Waals surface area contributed by atoms with E-state index in [1.165, 1.54) is 5.56 Å². The standard InChI is InChI=1S/C17H24N4O/c1-17(2,3)21-11-15(19-20-21)10-18-14-9-8-13-6-4-5-7-16(13)22-12-14/h4-7,11,14,18H,8-10,12H2,1-3H3. The lowest BCUT2D eigenvalue weighted by atomic mass is 10.1. The molecule has 0 saturated heterocycles. The lowest BCUT2D eigenvalue weighted by Gasteiger charge is -2.17. The number of fused-ring (bicyclic) bond motifs is 1. The predicted molar refractivity (Wildman–Crippen MR) is 85.9 cm³/mol. The minimum absolute atomic E-state index is 0.0294. The van der Waals surface area contributed by atoms with Crippen molar-refractivity contribution in [3.05, 3.63) is 41.7 Å². The number of rotatable bonds is 3. The third kappa shape index (κ3) is 3.47. The molecule has 22 heavy (non-hydrogen) atoms. The molecule has 1 aliphatic rings. The van der Waals surface area contributed by atoms with Crippen molar-refractivity contribution in [2.45, 2.75) is 51.7 Å². The third-order valence-corrected chi connectivity index (χ3v) is 3.97. The molecule has 2 aromatic rings. The van der Waals surface area contributed by atoms with Crippen molar-refractivity contribution in [1.82, 2.24) is 20.3 Å². The number of aromatic nitrogens is 3. The van der Waals surface area contributed by atoms with Gasteiger partial charge in [-0.3, -0.25) is 0 Å². The first kappa shape index (κ1) is 15.0. The molecule has 5 heteroatoms. The number of benzene rings is 1. The highest BCUT2D eigenvalue weighted by Crippen LogP contribution is 2.23. The molecule has 0 spiro atoms. The number of nitrogens with zero attached hydrogens (tertiary/aromatic N) is 3. The first-order chi connectivity index (χ1) is 10.5. The van der Waals surface area contributed by atoms with E-state index in [-0.39, 0.29) is 5.54 Å². The molecular formula is C17H24N4O. The van der Waals surface area contributed by atoms with Crippen LogP contribution in [0.1, 0.15) is 38.4 Å². The monoisotopic (exact) mass is 300 g/mol. The summed E-state index contributed by atoms with van der Waals surface area (Å²) in [7, 11) is 0. The van der Waals surface area contributed by atoms with E-state index in [4.69, 9.17) is 4.74 Å². The van der Waals surface area contributed by atoms with Gasteiger partial charge in [-0.25, -0.2) is 4.68 Å². The Balaban J connectivity index is 1.56. The van der Waals surface area contributed by atoms with Crippen LogP contribution in [0.3, 0.4) is 0 Å². The van der Waals surface area contributed by atoms with E-state index in [2.05, 4.69) is 48.5 Å². The molecule has 5 nitrogen and oxygen atoms in total. The number of ether oxygens (including phenoxy) is 1. The molecular weight excluding hydrogens is 276 g/mol. The first-order valence-electron chi connectivity index (χ1n) is 7.88. The summed E-state index contributed by atoms with van der Waals surface area (Å²) in [6.07, 6.45) is 4.13. The zero-order chi connectivity index (χ0) is 15.6. The Morgan fingerprint density at radius 3 is 2.91 bits per heavy atom. The van der Waals surface area contributed by atoms with Crippen LogP contribution in [0.4, 0.5) is 0 Å². The molecule has 2 heterocycles. The summed E-state index contributed by atoms with van der Waals surface area (Å²) < 4.78 is 7.81. The molecule has 1 N–H and O–H groups in total. The fraction of sp³-hybridized carbons (Fsp3) is 0.529. The second-order valence-corrected chi connectivity index (χ2v) is 6.86. The van der Waals surface area contributed by atoms with Gasteiger partial charge in [0.15, 0.2) is 0 Å². The number of hydrogen-bond donors (Lipinski definition) is 1. The van der Waals surface area contributed by atoms with Crippen LogP contribution in [0, 0.1) is 0 Å². The van der Waals surface area contributed by atoms with Gasteiger partial charge in [-0.2, -0.15) is 0 Å². The molecule has 1 aromatic heterocycles. The van der Waals surface area contributed by atoms with Crippen LogP contribution in [0.15, 0.2) is 30.5 Å². The van der Waals surface area contributed by atoms with Crippen molar-refractivity contribution in [1.29, 1.82) is 0 Å². The Kier molecular flexibility index (Phi) is 4.16. The molecule has 1 atom stereocenters. The zero-order valence-corrected chi connectivity index (χ0v) is 13.5. The van der Waals surface area contributed by atoms with Gasteiger partial charge >= 0.3 is 0 Å². The molecule has 1 unspecified atom stereocenters. The van der Waals surface area contributed by atoms with Gasteiger partial charge in [0.05, 0.1) is 17.4 Å². The van der Waals surface area contributed by atoms with Gasteiger partial charge in [-0.05, 0) is 45.2 Å². The molecule has 0 saturated carbocycles.